The van der Waals surface area contributed by atoms with Gasteiger partial charge in [-0.05, 0) is 57.2 Å². The minimum absolute atomic E-state index is 0.165. The summed E-state index contributed by atoms with van der Waals surface area (Å²) in [5.41, 5.74) is 5.97. The Morgan fingerprint density at radius 2 is 1.73 bits per heavy atom. The smallest absolute Gasteiger partial charge is 0.161 e. The lowest BCUT2D eigenvalue weighted by Gasteiger charge is -2.38. The standard InChI is InChI=1S/C21H29N5/c1-7-9-21(8-2,18-14(4)10-13(3)11-15(18)5)25-19-17-12-22-26-20(17)24-16(6)23-19/h10-12H,7-9H2,1-6H3,(H2,22,23,24,25,26). The highest BCUT2D eigenvalue weighted by molar-refractivity contribution is 5.86. The highest BCUT2D eigenvalue weighted by atomic mass is 15.2. The zero-order valence-corrected chi connectivity index (χ0v) is 16.7. The molecule has 0 saturated carbocycles. The van der Waals surface area contributed by atoms with E-state index in [2.05, 4.69) is 67.2 Å². The van der Waals surface area contributed by atoms with Gasteiger partial charge in [0.1, 0.15) is 11.6 Å². The topological polar surface area (TPSA) is 66.5 Å². The van der Waals surface area contributed by atoms with Crippen LogP contribution in [-0.4, -0.2) is 20.2 Å². The van der Waals surface area contributed by atoms with E-state index in [0.29, 0.717) is 0 Å². The third-order valence-electron chi connectivity index (χ3n) is 5.22. The van der Waals surface area contributed by atoms with Gasteiger partial charge in [-0.1, -0.05) is 38.0 Å². The third-order valence-corrected chi connectivity index (χ3v) is 5.22. The largest absolute Gasteiger partial charge is 0.360 e. The van der Waals surface area contributed by atoms with Gasteiger partial charge in [0.25, 0.3) is 0 Å². The van der Waals surface area contributed by atoms with Gasteiger partial charge in [0, 0.05) is 0 Å². The first-order chi connectivity index (χ1) is 12.4. The van der Waals surface area contributed by atoms with Crippen molar-refractivity contribution in [1.29, 1.82) is 0 Å². The quantitative estimate of drug-likeness (QED) is 0.648. The van der Waals surface area contributed by atoms with Crippen LogP contribution in [0.3, 0.4) is 0 Å². The number of nitrogens with zero attached hydrogens (tertiary/aromatic N) is 3. The maximum Gasteiger partial charge on any atom is 0.161 e. The first kappa shape index (κ1) is 18.4. The number of fused-ring (bicyclic) bond motifs is 1. The Kier molecular flexibility index (Phi) is 4.99. The van der Waals surface area contributed by atoms with E-state index in [1.54, 1.807) is 6.20 Å². The molecular weight excluding hydrogens is 322 g/mol. The second-order valence-electron chi connectivity index (χ2n) is 7.34. The molecule has 0 bridgehead atoms. The van der Waals surface area contributed by atoms with Crippen LogP contribution in [0, 0.1) is 27.7 Å². The Morgan fingerprint density at radius 1 is 1.04 bits per heavy atom. The second kappa shape index (κ2) is 7.06. The Hall–Kier alpha value is -2.43. The van der Waals surface area contributed by atoms with E-state index in [0.717, 1.165) is 41.9 Å². The van der Waals surface area contributed by atoms with Gasteiger partial charge in [0.2, 0.25) is 0 Å². The molecule has 3 aromatic rings. The van der Waals surface area contributed by atoms with Crippen molar-refractivity contribution in [3.63, 3.8) is 0 Å². The van der Waals surface area contributed by atoms with E-state index in [4.69, 9.17) is 4.98 Å². The third kappa shape index (κ3) is 3.18. The number of aryl methyl sites for hydroxylation is 4. The SMILES string of the molecule is CCCC(CC)(Nc1nc(C)nc2[nH]ncc12)c1c(C)cc(C)cc1C. The Morgan fingerprint density at radius 3 is 2.35 bits per heavy atom. The maximum atomic E-state index is 4.71. The minimum Gasteiger partial charge on any atom is -0.360 e. The molecule has 0 radical (unpaired) electrons. The van der Waals surface area contributed by atoms with E-state index in [1.807, 2.05) is 6.92 Å². The number of aromatic amines is 1. The van der Waals surface area contributed by atoms with Crippen LogP contribution in [0.15, 0.2) is 18.3 Å². The molecule has 0 fully saturated rings. The predicted molar refractivity (Wildman–Crippen MR) is 108 cm³/mol. The van der Waals surface area contributed by atoms with Crippen LogP contribution >= 0.6 is 0 Å². The molecule has 5 heteroatoms. The van der Waals surface area contributed by atoms with Gasteiger partial charge in [-0.15, -0.1) is 0 Å². The number of rotatable bonds is 6. The lowest BCUT2D eigenvalue weighted by Crippen LogP contribution is -2.37. The molecule has 138 valence electrons. The van der Waals surface area contributed by atoms with Gasteiger partial charge in [0.15, 0.2) is 5.65 Å². The maximum absolute atomic E-state index is 4.71. The van der Waals surface area contributed by atoms with Crippen molar-refractivity contribution < 1.29 is 0 Å². The van der Waals surface area contributed by atoms with E-state index in [1.165, 1.54) is 22.3 Å². The van der Waals surface area contributed by atoms with Crippen LogP contribution in [0.4, 0.5) is 5.82 Å². The van der Waals surface area contributed by atoms with Crippen molar-refractivity contribution in [2.45, 2.75) is 66.3 Å². The fraction of sp³-hybridized carbons (Fsp3) is 0.476. The van der Waals surface area contributed by atoms with Gasteiger partial charge in [-0.25, -0.2) is 9.97 Å². The Bertz CT molecular complexity index is 904. The molecule has 2 N–H and O–H groups in total. The first-order valence-corrected chi connectivity index (χ1v) is 9.44. The molecule has 3 rings (SSSR count). The molecule has 2 heterocycles. The molecule has 0 aliphatic heterocycles. The number of H-pyrrole nitrogens is 1. The number of hydrogen-bond donors (Lipinski definition) is 2. The van der Waals surface area contributed by atoms with E-state index in [-0.39, 0.29) is 5.54 Å². The summed E-state index contributed by atoms with van der Waals surface area (Å²) in [6, 6.07) is 4.56. The van der Waals surface area contributed by atoms with Crippen molar-refractivity contribution in [2.75, 3.05) is 5.32 Å². The minimum atomic E-state index is -0.165. The van der Waals surface area contributed by atoms with E-state index >= 15 is 0 Å². The molecule has 0 saturated heterocycles. The van der Waals surface area contributed by atoms with Crippen molar-refractivity contribution >= 4 is 16.9 Å². The van der Waals surface area contributed by atoms with Crippen LogP contribution in [0.2, 0.25) is 0 Å². The average molecular weight is 351 g/mol. The van der Waals surface area contributed by atoms with Gasteiger partial charge >= 0.3 is 0 Å². The summed E-state index contributed by atoms with van der Waals surface area (Å²) in [4.78, 5) is 9.16. The van der Waals surface area contributed by atoms with E-state index in [9.17, 15) is 0 Å². The van der Waals surface area contributed by atoms with Crippen molar-refractivity contribution in [3.05, 3.63) is 46.4 Å². The molecule has 5 nitrogen and oxygen atoms in total. The zero-order chi connectivity index (χ0) is 18.9. The van der Waals surface area contributed by atoms with Crippen LogP contribution < -0.4 is 5.32 Å². The number of hydrogen-bond acceptors (Lipinski definition) is 4. The van der Waals surface area contributed by atoms with E-state index < -0.39 is 0 Å². The monoisotopic (exact) mass is 351 g/mol. The highest BCUT2D eigenvalue weighted by Crippen LogP contribution is 2.39. The number of anilines is 1. The van der Waals surface area contributed by atoms with Gasteiger partial charge in [-0.3, -0.25) is 5.10 Å². The predicted octanol–water partition coefficient (Wildman–Crippen LogP) is 5.10. The molecule has 0 amide bonds. The van der Waals surface area contributed by atoms with Crippen molar-refractivity contribution in [3.8, 4) is 0 Å². The lowest BCUT2D eigenvalue weighted by molar-refractivity contribution is 0.423. The molecule has 26 heavy (non-hydrogen) atoms. The van der Waals surface area contributed by atoms with Crippen molar-refractivity contribution in [2.24, 2.45) is 0 Å². The fourth-order valence-corrected chi connectivity index (χ4v) is 4.32. The molecule has 1 atom stereocenters. The number of aromatic nitrogens is 4. The van der Waals surface area contributed by atoms with Crippen molar-refractivity contribution in [1.82, 2.24) is 20.2 Å². The molecule has 0 aliphatic rings. The lowest BCUT2D eigenvalue weighted by atomic mass is 9.78. The summed E-state index contributed by atoms with van der Waals surface area (Å²) in [5, 5.41) is 11.9. The fourth-order valence-electron chi connectivity index (χ4n) is 4.32. The molecule has 0 spiro atoms. The second-order valence-corrected chi connectivity index (χ2v) is 7.34. The summed E-state index contributed by atoms with van der Waals surface area (Å²) >= 11 is 0. The Balaban J connectivity index is 2.19. The summed E-state index contributed by atoms with van der Waals surface area (Å²) < 4.78 is 0. The molecule has 0 aliphatic carbocycles. The molecule has 1 unspecified atom stereocenters. The average Bonchev–Trinajstić information content (AvgIpc) is 3.02. The number of benzene rings is 1. The summed E-state index contributed by atoms with van der Waals surface area (Å²) in [7, 11) is 0. The Labute approximate surface area is 155 Å². The van der Waals surface area contributed by atoms with Crippen LogP contribution in [0.25, 0.3) is 11.0 Å². The van der Waals surface area contributed by atoms with Crippen LogP contribution in [0.5, 0.6) is 0 Å². The number of nitrogens with one attached hydrogen (secondary N) is 2. The zero-order valence-electron chi connectivity index (χ0n) is 16.7. The van der Waals surface area contributed by atoms with Crippen LogP contribution in [-0.2, 0) is 5.54 Å². The summed E-state index contributed by atoms with van der Waals surface area (Å²) in [6.45, 7) is 13.0. The van der Waals surface area contributed by atoms with Gasteiger partial charge in [-0.2, -0.15) is 5.10 Å². The molecule has 2 aromatic heterocycles. The molecular formula is C21H29N5. The van der Waals surface area contributed by atoms with Gasteiger partial charge in [0.05, 0.1) is 17.1 Å². The normalized spacial score (nSPS) is 13.8. The van der Waals surface area contributed by atoms with Gasteiger partial charge < -0.3 is 5.32 Å². The summed E-state index contributed by atoms with van der Waals surface area (Å²) in [6.07, 6.45) is 4.91. The molecule has 1 aromatic carbocycles. The first-order valence-electron chi connectivity index (χ1n) is 9.44. The summed E-state index contributed by atoms with van der Waals surface area (Å²) in [5.74, 6) is 1.60. The highest BCUT2D eigenvalue weighted by Gasteiger charge is 2.33. The van der Waals surface area contributed by atoms with Crippen LogP contribution in [0.1, 0.15) is 61.2 Å².